The van der Waals surface area contributed by atoms with Gasteiger partial charge in [0.1, 0.15) is 5.60 Å². The summed E-state index contributed by atoms with van der Waals surface area (Å²) >= 11 is 0. The Bertz CT molecular complexity index is 1090. The molecule has 0 saturated carbocycles. The fourth-order valence-electron chi connectivity index (χ4n) is 3.14. The van der Waals surface area contributed by atoms with Crippen molar-refractivity contribution in [2.24, 2.45) is 0 Å². The molecule has 0 saturated heterocycles. The minimum atomic E-state index is -1.71. The summed E-state index contributed by atoms with van der Waals surface area (Å²) in [4.78, 5) is 16.1. The van der Waals surface area contributed by atoms with Gasteiger partial charge in [-0.3, -0.25) is 9.48 Å². The highest BCUT2D eigenvalue weighted by Crippen LogP contribution is 2.24. The lowest BCUT2D eigenvalue weighted by Gasteiger charge is -2.22. The van der Waals surface area contributed by atoms with Crippen LogP contribution in [-0.2, 0) is 17.8 Å². The van der Waals surface area contributed by atoms with E-state index in [0.717, 1.165) is 11.1 Å². The largest absolute Gasteiger partial charge is 0.380 e. The van der Waals surface area contributed by atoms with Gasteiger partial charge in [-0.15, -0.1) is 5.10 Å². The van der Waals surface area contributed by atoms with Crippen LogP contribution in [0.15, 0.2) is 48.7 Å². The summed E-state index contributed by atoms with van der Waals surface area (Å²) in [6.07, 6.45) is 1.51. The van der Waals surface area contributed by atoms with Crippen LogP contribution in [0.2, 0.25) is 0 Å². The molecule has 1 N–H and O–H groups in total. The van der Waals surface area contributed by atoms with Crippen LogP contribution in [0.4, 0.5) is 10.1 Å². The average molecular weight is 391 g/mol. The lowest BCUT2D eigenvalue weighted by Crippen LogP contribution is -2.41. The van der Waals surface area contributed by atoms with Gasteiger partial charge in [-0.1, -0.05) is 48.0 Å². The summed E-state index contributed by atoms with van der Waals surface area (Å²) in [6, 6.07) is 12.5. The lowest BCUT2D eigenvalue weighted by molar-refractivity contribution is -0.136. The number of rotatable bonds is 6. The van der Waals surface area contributed by atoms with Crippen molar-refractivity contribution < 1.29 is 14.3 Å². The van der Waals surface area contributed by atoms with Crippen LogP contribution in [-0.4, -0.2) is 26.3 Å². The van der Waals surface area contributed by atoms with Crippen LogP contribution < -0.4 is 0 Å². The second-order valence-electron chi connectivity index (χ2n) is 7.50. The Balaban J connectivity index is 1.76. The molecule has 2 aromatic carbocycles. The maximum Gasteiger partial charge on any atom is 0.240 e. The predicted molar refractivity (Wildman–Crippen MR) is 109 cm³/mol. The average Bonchev–Trinajstić information content (AvgIpc) is 3.02. The van der Waals surface area contributed by atoms with Gasteiger partial charge >= 0.3 is 0 Å². The van der Waals surface area contributed by atoms with Crippen LogP contribution in [0.1, 0.15) is 23.6 Å². The normalized spacial score (nSPS) is 13.0. The van der Waals surface area contributed by atoms with E-state index in [0.29, 0.717) is 22.4 Å². The first-order chi connectivity index (χ1) is 13.7. The topological polar surface area (TPSA) is 59.5 Å². The first kappa shape index (κ1) is 20.4. The van der Waals surface area contributed by atoms with Crippen LogP contribution in [0.3, 0.4) is 0 Å². The van der Waals surface area contributed by atoms with E-state index in [4.69, 9.17) is 6.57 Å². The van der Waals surface area contributed by atoms with E-state index in [-0.39, 0.29) is 13.0 Å². The Kier molecular flexibility index (Phi) is 5.62. The molecule has 0 aliphatic rings. The fraction of sp³-hybridized carbons (Fsp3) is 0.261. The number of ketones is 1. The van der Waals surface area contributed by atoms with Crippen molar-refractivity contribution in [1.29, 1.82) is 0 Å². The van der Waals surface area contributed by atoms with Gasteiger partial charge in [0.05, 0.1) is 18.7 Å². The number of hydrogen-bond donors (Lipinski definition) is 1. The van der Waals surface area contributed by atoms with Crippen molar-refractivity contribution in [2.75, 3.05) is 0 Å². The Labute approximate surface area is 169 Å². The second-order valence-corrected chi connectivity index (χ2v) is 7.50. The molecular formula is C23H22FN3O2. The molecule has 1 aromatic heterocycles. The molecule has 0 radical (unpaired) electrons. The Morgan fingerprint density at radius 2 is 1.93 bits per heavy atom. The number of carbonyl (C=O) groups is 1. The number of aryl methyl sites for hydroxylation is 2. The zero-order chi connectivity index (χ0) is 21.2. The molecule has 0 spiro atoms. The zero-order valence-corrected chi connectivity index (χ0v) is 16.6. The van der Waals surface area contributed by atoms with Crippen molar-refractivity contribution in [1.82, 2.24) is 9.78 Å². The monoisotopic (exact) mass is 391 g/mol. The summed E-state index contributed by atoms with van der Waals surface area (Å²) < 4.78 is 15.6. The molecule has 3 rings (SSSR count). The smallest absolute Gasteiger partial charge is 0.240 e. The summed E-state index contributed by atoms with van der Waals surface area (Å²) in [5, 5.41) is 14.5. The second kappa shape index (κ2) is 7.98. The minimum Gasteiger partial charge on any atom is -0.380 e. The molecule has 5 nitrogen and oxygen atoms in total. The van der Waals surface area contributed by atoms with Gasteiger partial charge in [0, 0.05) is 12.6 Å². The number of hydrogen-bond acceptors (Lipinski definition) is 3. The van der Waals surface area contributed by atoms with Crippen LogP contribution in [0.25, 0.3) is 16.0 Å². The third-order valence-electron chi connectivity index (χ3n) is 4.90. The van der Waals surface area contributed by atoms with Crippen LogP contribution >= 0.6 is 0 Å². The Morgan fingerprint density at radius 3 is 2.55 bits per heavy atom. The first-order valence-electron chi connectivity index (χ1n) is 9.22. The third kappa shape index (κ3) is 4.58. The summed E-state index contributed by atoms with van der Waals surface area (Å²) in [5.41, 5.74) is 2.38. The van der Waals surface area contributed by atoms with E-state index < -0.39 is 17.3 Å². The molecule has 0 amide bonds. The van der Waals surface area contributed by atoms with Gasteiger partial charge in [-0.2, -0.15) is 4.39 Å². The quantitative estimate of drug-likeness (QED) is 0.633. The van der Waals surface area contributed by atoms with Gasteiger partial charge in [0.2, 0.25) is 5.95 Å². The molecule has 1 atom stereocenters. The molecule has 0 bridgehead atoms. The van der Waals surface area contributed by atoms with E-state index in [2.05, 4.69) is 9.94 Å². The van der Waals surface area contributed by atoms with E-state index >= 15 is 0 Å². The Morgan fingerprint density at radius 1 is 1.24 bits per heavy atom. The number of halogens is 1. The van der Waals surface area contributed by atoms with Crippen molar-refractivity contribution >= 4 is 11.5 Å². The van der Waals surface area contributed by atoms with Gasteiger partial charge in [-0.05, 0) is 37.5 Å². The third-order valence-corrected chi connectivity index (χ3v) is 4.90. The summed E-state index contributed by atoms with van der Waals surface area (Å²) in [7, 11) is 0. The predicted octanol–water partition coefficient (Wildman–Crippen LogP) is 4.42. The molecule has 1 heterocycles. The molecule has 6 heteroatoms. The number of carbonyl (C=O) groups excluding carboxylic acids is 1. The summed E-state index contributed by atoms with van der Waals surface area (Å²) in [6.45, 7) is 12.1. The zero-order valence-electron chi connectivity index (χ0n) is 16.6. The molecule has 3 aromatic rings. The standard InChI is InChI=1S/C23H22FN3O2/c1-15-5-8-18(9-6-15)19-13-27(26-22(19)24)14-23(3,29)21(28)12-17-7-10-20(25-4)16(2)11-17/h5-11,13,29H,12,14H2,1-3H3/t23-/m0/s1. The maximum atomic E-state index is 14.3. The Hall–Kier alpha value is -3.30. The van der Waals surface area contributed by atoms with Crippen molar-refractivity contribution in [3.8, 4) is 11.1 Å². The first-order valence-corrected chi connectivity index (χ1v) is 9.22. The van der Waals surface area contributed by atoms with Gasteiger partial charge < -0.3 is 5.11 Å². The van der Waals surface area contributed by atoms with Crippen molar-refractivity contribution in [2.45, 2.75) is 39.3 Å². The van der Waals surface area contributed by atoms with Gasteiger partial charge in [0.25, 0.3) is 0 Å². The molecule has 0 fully saturated rings. The van der Waals surface area contributed by atoms with Crippen LogP contribution in [0, 0.1) is 26.4 Å². The number of benzene rings is 2. The molecular weight excluding hydrogens is 369 g/mol. The lowest BCUT2D eigenvalue weighted by atomic mass is 9.94. The highest BCUT2D eigenvalue weighted by molar-refractivity contribution is 5.88. The highest BCUT2D eigenvalue weighted by atomic mass is 19.1. The van der Waals surface area contributed by atoms with E-state index in [1.807, 2.05) is 19.1 Å². The SMILES string of the molecule is [C-]#[N+]c1ccc(CC(=O)[C@@](C)(O)Cn2cc(-c3ccc(C)cc3)c(F)n2)cc1C. The van der Waals surface area contributed by atoms with E-state index in [1.54, 1.807) is 37.3 Å². The van der Waals surface area contributed by atoms with Crippen molar-refractivity contribution in [3.63, 3.8) is 0 Å². The highest BCUT2D eigenvalue weighted by Gasteiger charge is 2.31. The number of aliphatic hydroxyl groups is 1. The molecule has 0 aliphatic heterocycles. The molecule has 0 aliphatic carbocycles. The minimum absolute atomic E-state index is 0.0146. The van der Waals surface area contributed by atoms with Gasteiger partial charge in [-0.25, -0.2) is 4.85 Å². The van der Waals surface area contributed by atoms with Gasteiger partial charge in [0.15, 0.2) is 11.5 Å². The number of nitrogens with zero attached hydrogens (tertiary/aromatic N) is 3. The fourth-order valence-corrected chi connectivity index (χ4v) is 3.14. The molecule has 29 heavy (non-hydrogen) atoms. The van der Waals surface area contributed by atoms with E-state index in [9.17, 15) is 14.3 Å². The number of aromatic nitrogens is 2. The van der Waals surface area contributed by atoms with Crippen molar-refractivity contribution in [3.05, 3.63) is 82.7 Å². The maximum absolute atomic E-state index is 14.3. The molecule has 0 unspecified atom stereocenters. The number of Topliss-reactive ketones (excluding diaryl/α,β-unsaturated/α-hetero) is 1. The van der Waals surface area contributed by atoms with E-state index in [1.165, 1.54) is 17.8 Å². The van der Waals surface area contributed by atoms with Crippen LogP contribution in [0.5, 0.6) is 0 Å². The molecule has 148 valence electrons. The summed E-state index contributed by atoms with van der Waals surface area (Å²) in [5.74, 6) is -1.05.